The molecule has 1 N–H and O–H groups in total. The molecule has 0 spiro atoms. The van der Waals surface area contributed by atoms with Gasteiger partial charge in [0.25, 0.3) is 5.91 Å². The van der Waals surface area contributed by atoms with Crippen LogP contribution in [0.4, 0.5) is 18.9 Å². The SMILES string of the molecule is O=C(NCc1cccc(C(F)(F)F)c1)c1cc(S(=O)(=O)N2CCCCC2)ccc1N1CCOCC1. The van der Waals surface area contributed by atoms with Crippen LogP contribution in [0.5, 0.6) is 0 Å². The van der Waals surface area contributed by atoms with Crippen LogP contribution in [0.2, 0.25) is 0 Å². The molecule has 2 aliphatic rings. The Labute approximate surface area is 202 Å². The van der Waals surface area contributed by atoms with E-state index in [1.807, 2.05) is 4.90 Å². The number of nitrogens with one attached hydrogen (secondary N) is 1. The largest absolute Gasteiger partial charge is 0.416 e. The zero-order valence-corrected chi connectivity index (χ0v) is 20.0. The highest BCUT2D eigenvalue weighted by atomic mass is 32.2. The number of hydrogen-bond donors (Lipinski definition) is 1. The van der Waals surface area contributed by atoms with Gasteiger partial charge in [-0.1, -0.05) is 18.6 Å². The number of nitrogens with zero attached hydrogens (tertiary/aromatic N) is 2. The van der Waals surface area contributed by atoms with Crippen LogP contribution in [0.3, 0.4) is 0 Å². The van der Waals surface area contributed by atoms with Crippen LogP contribution in [0.1, 0.15) is 40.7 Å². The van der Waals surface area contributed by atoms with Gasteiger partial charge >= 0.3 is 6.18 Å². The average molecular weight is 512 g/mol. The fraction of sp³-hybridized carbons (Fsp3) is 0.458. The fourth-order valence-corrected chi connectivity index (χ4v) is 5.87. The van der Waals surface area contributed by atoms with E-state index < -0.39 is 27.7 Å². The minimum atomic E-state index is -4.49. The average Bonchev–Trinajstić information content (AvgIpc) is 2.87. The number of carbonyl (C=O) groups excluding carboxylic acids is 1. The van der Waals surface area contributed by atoms with Crippen LogP contribution in [0.15, 0.2) is 47.4 Å². The lowest BCUT2D eigenvalue weighted by Crippen LogP contribution is -2.38. The van der Waals surface area contributed by atoms with Crippen molar-refractivity contribution >= 4 is 21.6 Å². The number of benzene rings is 2. The summed E-state index contributed by atoms with van der Waals surface area (Å²) < 4.78 is 72.4. The summed E-state index contributed by atoms with van der Waals surface area (Å²) >= 11 is 0. The molecule has 4 rings (SSSR count). The molecule has 35 heavy (non-hydrogen) atoms. The van der Waals surface area contributed by atoms with Gasteiger partial charge in [-0.3, -0.25) is 4.79 Å². The molecule has 2 fully saturated rings. The Morgan fingerprint density at radius 2 is 1.69 bits per heavy atom. The van der Waals surface area contributed by atoms with Gasteiger partial charge in [-0.05, 0) is 48.7 Å². The number of sulfonamides is 1. The Morgan fingerprint density at radius 1 is 0.971 bits per heavy atom. The number of anilines is 1. The zero-order valence-electron chi connectivity index (χ0n) is 19.2. The van der Waals surface area contributed by atoms with Crippen LogP contribution >= 0.6 is 0 Å². The lowest BCUT2D eigenvalue weighted by molar-refractivity contribution is -0.137. The van der Waals surface area contributed by atoms with Crippen molar-refractivity contribution in [1.82, 2.24) is 9.62 Å². The number of piperidine rings is 1. The van der Waals surface area contributed by atoms with Gasteiger partial charge in [0.2, 0.25) is 10.0 Å². The predicted octanol–water partition coefficient (Wildman–Crippen LogP) is 3.65. The Hall–Kier alpha value is -2.63. The molecule has 2 heterocycles. The number of amides is 1. The van der Waals surface area contributed by atoms with Gasteiger partial charge in [-0.2, -0.15) is 17.5 Å². The topological polar surface area (TPSA) is 79.0 Å². The first-order valence-electron chi connectivity index (χ1n) is 11.6. The van der Waals surface area contributed by atoms with Crippen molar-refractivity contribution in [3.05, 3.63) is 59.2 Å². The lowest BCUT2D eigenvalue weighted by atomic mass is 10.1. The quantitative estimate of drug-likeness (QED) is 0.641. The van der Waals surface area contributed by atoms with Crippen molar-refractivity contribution in [1.29, 1.82) is 0 Å². The number of morpholine rings is 1. The van der Waals surface area contributed by atoms with Crippen molar-refractivity contribution in [3.63, 3.8) is 0 Å². The molecule has 0 bridgehead atoms. The molecule has 2 aromatic carbocycles. The Balaban J connectivity index is 1.61. The highest BCUT2D eigenvalue weighted by molar-refractivity contribution is 7.89. The van der Waals surface area contributed by atoms with E-state index in [9.17, 15) is 26.4 Å². The molecule has 2 aliphatic heterocycles. The van der Waals surface area contributed by atoms with Crippen molar-refractivity contribution in [2.24, 2.45) is 0 Å². The predicted molar refractivity (Wildman–Crippen MR) is 125 cm³/mol. The third-order valence-electron chi connectivity index (χ3n) is 6.22. The third-order valence-corrected chi connectivity index (χ3v) is 8.12. The Morgan fingerprint density at radius 3 is 2.37 bits per heavy atom. The molecule has 0 radical (unpaired) electrons. The van der Waals surface area contributed by atoms with E-state index in [1.54, 1.807) is 6.07 Å². The molecule has 2 aromatic rings. The molecule has 0 atom stereocenters. The fourth-order valence-electron chi connectivity index (χ4n) is 4.33. The lowest BCUT2D eigenvalue weighted by Gasteiger charge is -2.31. The summed E-state index contributed by atoms with van der Waals surface area (Å²) in [5.74, 6) is -0.556. The second kappa shape index (κ2) is 10.5. The number of carbonyl (C=O) groups is 1. The smallest absolute Gasteiger partial charge is 0.378 e. The number of hydrogen-bond acceptors (Lipinski definition) is 5. The summed E-state index contributed by atoms with van der Waals surface area (Å²) in [6, 6.07) is 9.25. The first-order valence-corrected chi connectivity index (χ1v) is 13.0. The van der Waals surface area contributed by atoms with E-state index in [4.69, 9.17) is 4.74 Å². The molecule has 11 heteroatoms. The van der Waals surface area contributed by atoms with Crippen LogP contribution in [0, 0.1) is 0 Å². The van der Waals surface area contributed by atoms with Gasteiger partial charge in [0.15, 0.2) is 0 Å². The van der Waals surface area contributed by atoms with Crippen LogP contribution < -0.4 is 10.2 Å². The van der Waals surface area contributed by atoms with Crippen LogP contribution in [-0.2, 0) is 27.5 Å². The van der Waals surface area contributed by atoms with E-state index >= 15 is 0 Å². The van der Waals surface area contributed by atoms with Crippen molar-refractivity contribution in [3.8, 4) is 0 Å². The minimum Gasteiger partial charge on any atom is -0.378 e. The first-order chi connectivity index (χ1) is 16.7. The van der Waals surface area contributed by atoms with Crippen LogP contribution in [0.25, 0.3) is 0 Å². The minimum absolute atomic E-state index is 0.0284. The number of halogens is 3. The maximum atomic E-state index is 13.2. The zero-order chi connectivity index (χ0) is 25.1. The molecule has 0 aromatic heterocycles. The number of ether oxygens (including phenoxy) is 1. The summed E-state index contributed by atoms with van der Waals surface area (Å²) in [5, 5.41) is 2.66. The monoisotopic (exact) mass is 511 g/mol. The van der Waals surface area contributed by atoms with Gasteiger partial charge in [-0.15, -0.1) is 0 Å². The van der Waals surface area contributed by atoms with Gasteiger partial charge < -0.3 is 15.0 Å². The molecule has 0 aliphatic carbocycles. The summed E-state index contributed by atoms with van der Waals surface area (Å²) in [6.07, 6.45) is -1.93. The normalized spacial score (nSPS) is 17.9. The Kier molecular flexibility index (Phi) is 7.67. The van der Waals surface area contributed by atoms with Crippen molar-refractivity contribution in [2.75, 3.05) is 44.3 Å². The van der Waals surface area contributed by atoms with Gasteiger partial charge in [0.1, 0.15) is 0 Å². The van der Waals surface area contributed by atoms with Gasteiger partial charge in [0.05, 0.1) is 29.2 Å². The molecular weight excluding hydrogens is 483 g/mol. The standard InChI is InChI=1S/C24H28F3N3O4S/c25-24(26,27)19-6-4-5-18(15-19)17-28-23(31)21-16-20(35(32,33)30-9-2-1-3-10-30)7-8-22(21)29-11-13-34-14-12-29/h4-8,15-16H,1-3,9-14,17H2,(H,28,31). The highest BCUT2D eigenvalue weighted by Crippen LogP contribution is 2.30. The first kappa shape index (κ1) is 25.5. The van der Waals surface area contributed by atoms with E-state index in [-0.39, 0.29) is 22.6 Å². The molecule has 0 saturated carbocycles. The van der Waals surface area contributed by atoms with Crippen LogP contribution in [-0.4, -0.2) is 58.0 Å². The number of rotatable bonds is 6. The van der Waals surface area contributed by atoms with Crippen molar-refractivity contribution < 1.29 is 31.1 Å². The number of alkyl halides is 3. The summed E-state index contributed by atoms with van der Waals surface area (Å²) in [6.45, 7) is 2.75. The summed E-state index contributed by atoms with van der Waals surface area (Å²) in [7, 11) is -3.77. The summed E-state index contributed by atoms with van der Waals surface area (Å²) in [4.78, 5) is 15.2. The maximum absolute atomic E-state index is 13.2. The molecule has 7 nitrogen and oxygen atoms in total. The second-order valence-electron chi connectivity index (χ2n) is 8.62. The third kappa shape index (κ3) is 5.96. The molecule has 190 valence electrons. The maximum Gasteiger partial charge on any atom is 0.416 e. The highest BCUT2D eigenvalue weighted by Gasteiger charge is 2.31. The molecule has 2 saturated heterocycles. The van der Waals surface area contributed by atoms with Crippen molar-refractivity contribution in [2.45, 2.75) is 36.9 Å². The Bertz CT molecular complexity index is 1160. The van der Waals surface area contributed by atoms with E-state index in [0.29, 0.717) is 45.1 Å². The molecular formula is C24H28F3N3O4S. The summed E-state index contributed by atoms with van der Waals surface area (Å²) in [5.41, 5.74) is 0.218. The second-order valence-corrected chi connectivity index (χ2v) is 10.6. The van der Waals surface area contributed by atoms with E-state index in [1.165, 1.54) is 28.6 Å². The van der Waals surface area contributed by atoms with Gasteiger partial charge in [-0.25, -0.2) is 8.42 Å². The van der Waals surface area contributed by atoms with Gasteiger partial charge in [0, 0.05) is 38.4 Å². The van der Waals surface area contributed by atoms with E-state index in [2.05, 4.69) is 5.32 Å². The van der Waals surface area contributed by atoms with E-state index in [0.717, 1.165) is 31.4 Å². The molecule has 0 unspecified atom stereocenters. The molecule has 1 amide bonds.